The molecule has 0 saturated carbocycles. The number of carbonyl (C=O) groups is 1. The Hall–Kier alpha value is -1.35. The van der Waals surface area contributed by atoms with Crippen molar-refractivity contribution in [2.24, 2.45) is 5.73 Å². The van der Waals surface area contributed by atoms with Gasteiger partial charge in [0.25, 0.3) is 0 Å². The normalized spacial score (nSPS) is 14.7. The van der Waals surface area contributed by atoms with Gasteiger partial charge in [-0.25, -0.2) is 0 Å². The maximum Gasteiger partial charge on any atom is 0.324 e. The van der Waals surface area contributed by atoms with Crippen molar-refractivity contribution in [3.63, 3.8) is 0 Å². The molecule has 0 fully saturated rings. The van der Waals surface area contributed by atoms with Gasteiger partial charge in [0, 0.05) is 6.42 Å². The van der Waals surface area contributed by atoms with Gasteiger partial charge in [0.1, 0.15) is 5.54 Å². The molecular weight excluding hydrogens is 178 g/mol. The third-order valence-electron chi connectivity index (χ3n) is 2.42. The summed E-state index contributed by atoms with van der Waals surface area (Å²) in [7, 11) is 0. The van der Waals surface area contributed by atoms with E-state index in [4.69, 9.17) is 10.8 Å². The third-order valence-corrected chi connectivity index (χ3v) is 2.42. The zero-order chi connectivity index (χ0) is 10.6. The van der Waals surface area contributed by atoms with E-state index in [0.29, 0.717) is 12.8 Å². The van der Waals surface area contributed by atoms with Crippen molar-refractivity contribution in [3.05, 3.63) is 35.9 Å². The lowest BCUT2D eigenvalue weighted by atomic mass is 9.89. The summed E-state index contributed by atoms with van der Waals surface area (Å²) in [4.78, 5) is 10.9. The van der Waals surface area contributed by atoms with Crippen LogP contribution in [-0.2, 0) is 11.2 Å². The molecule has 3 N–H and O–H groups in total. The van der Waals surface area contributed by atoms with E-state index in [9.17, 15) is 4.79 Å². The number of nitrogens with two attached hydrogens (primary N) is 1. The van der Waals surface area contributed by atoms with Crippen LogP contribution in [-0.4, -0.2) is 16.6 Å². The summed E-state index contributed by atoms with van der Waals surface area (Å²) in [5.41, 5.74) is 5.59. The van der Waals surface area contributed by atoms with Gasteiger partial charge in [0.15, 0.2) is 0 Å². The highest BCUT2D eigenvalue weighted by atomic mass is 16.4. The Morgan fingerprint density at radius 2 is 2.00 bits per heavy atom. The standard InChI is InChI=1S/C11H15NO2/c1-2-11(12,10(13)14)8-9-6-4-3-5-7-9/h3-7H,2,8,12H2,1H3,(H,13,14)/t11-/m1/s1. The average Bonchev–Trinajstić information content (AvgIpc) is 2.19. The van der Waals surface area contributed by atoms with Crippen LogP contribution in [0.25, 0.3) is 0 Å². The van der Waals surface area contributed by atoms with Crippen LogP contribution in [0.2, 0.25) is 0 Å². The Morgan fingerprint density at radius 3 is 2.43 bits per heavy atom. The molecule has 0 aliphatic carbocycles. The number of aliphatic carboxylic acids is 1. The Balaban J connectivity index is 2.81. The largest absolute Gasteiger partial charge is 0.480 e. The summed E-state index contributed by atoms with van der Waals surface area (Å²) in [5.74, 6) is -0.941. The molecule has 1 aromatic carbocycles. The van der Waals surface area contributed by atoms with Crippen molar-refractivity contribution < 1.29 is 9.90 Å². The van der Waals surface area contributed by atoms with Crippen molar-refractivity contribution >= 4 is 5.97 Å². The van der Waals surface area contributed by atoms with Crippen LogP contribution in [0, 0.1) is 0 Å². The molecule has 0 aromatic heterocycles. The highest BCUT2D eigenvalue weighted by Gasteiger charge is 2.31. The summed E-state index contributed by atoms with van der Waals surface area (Å²) < 4.78 is 0. The van der Waals surface area contributed by atoms with E-state index in [1.807, 2.05) is 30.3 Å². The molecule has 1 aromatic rings. The van der Waals surface area contributed by atoms with Crippen LogP contribution in [0.4, 0.5) is 0 Å². The summed E-state index contributed by atoms with van der Waals surface area (Å²) in [6, 6.07) is 9.44. The van der Waals surface area contributed by atoms with Gasteiger partial charge in [-0.1, -0.05) is 37.3 Å². The maximum absolute atomic E-state index is 10.9. The topological polar surface area (TPSA) is 63.3 Å². The molecule has 1 atom stereocenters. The van der Waals surface area contributed by atoms with Gasteiger partial charge in [0.2, 0.25) is 0 Å². The van der Waals surface area contributed by atoms with Gasteiger partial charge in [-0.05, 0) is 12.0 Å². The number of hydrogen-bond donors (Lipinski definition) is 2. The SMILES string of the molecule is CC[C@@](N)(Cc1ccccc1)C(=O)O. The van der Waals surface area contributed by atoms with Crippen LogP contribution in [0.15, 0.2) is 30.3 Å². The lowest BCUT2D eigenvalue weighted by molar-refractivity contribution is -0.143. The molecule has 76 valence electrons. The molecule has 0 heterocycles. The first kappa shape index (κ1) is 10.7. The summed E-state index contributed by atoms with van der Waals surface area (Å²) in [6.07, 6.45) is 0.802. The Kier molecular flexibility index (Phi) is 3.25. The lowest BCUT2D eigenvalue weighted by Crippen LogP contribution is -2.49. The Bertz CT molecular complexity index is 310. The molecule has 3 heteroatoms. The van der Waals surface area contributed by atoms with Crippen molar-refractivity contribution in [3.8, 4) is 0 Å². The lowest BCUT2D eigenvalue weighted by Gasteiger charge is -2.22. The number of carboxylic acid groups (broad SMARTS) is 1. The minimum absolute atomic E-state index is 0.375. The van der Waals surface area contributed by atoms with E-state index < -0.39 is 11.5 Å². The summed E-state index contributed by atoms with van der Waals surface area (Å²) >= 11 is 0. The van der Waals surface area contributed by atoms with Crippen LogP contribution in [0.5, 0.6) is 0 Å². The first-order chi connectivity index (χ1) is 6.58. The first-order valence-corrected chi connectivity index (χ1v) is 4.64. The molecular formula is C11H15NO2. The number of rotatable bonds is 4. The van der Waals surface area contributed by atoms with E-state index in [1.54, 1.807) is 6.92 Å². The van der Waals surface area contributed by atoms with Crippen LogP contribution in [0.1, 0.15) is 18.9 Å². The Labute approximate surface area is 83.6 Å². The second-order valence-electron chi connectivity index (χ2n) is 3.48. The average molecular weight is 193 g/mol. The van der Waals surface area contributed by atoms with E-state index in [0.717, 1.165) is 5.56 Å². The third kappa shape index (κ3) is 2.33. The van der Waals surface area contributed by atoms with Crippen LogP contribution >= 0.6 is 0 Å². The second-order valence-corrected chi connectivity index (χ2v) is 3.48. The minimum atomic E-state index is -1.14. The minimum Gasteiger partial charge on any atom is -0.480 e. The van der Waals surface area contributed by atoms with Gasteiger partial charge in [0.05, 0.1) is 0 Å². The number of hydrogen-bond acceptors (Lipinski definition) is 2. The fourth-order valence-electron chi connectivity index (χ4n) is 1.31. The highest BCUT2D eigenvalue weighted by Crippen LogP contribution is 2.14. The Morgan fingerprint density at radius 1 is 1.43 bits per heavy atom. The monoisotopic (exact) mass is 193 g/mol. The van der Waals surface area contributed by atoms with Crippen LogP contribution < -0.4 is 5.73 Å². The fourth-order valence-corrected chi connectivity index (χ4v) is 1.31. The second kappa shape index (κ2) is 4.24. The molecule has 0 amide bonds. The van der Waals surface area contributed by atoms with Gasteiger partial charge in [-0.3, -0.25) is 4.79 Å². The zero-order valence-corrected chi connectivity index (χ0v) is 8.23. The predicted octanol–water partition coefficient (Wildman–Crippen LogP) is 1.42. The number of benzene rings is 1. The van der Waals surface area contributed by atoms with Crippen molar-refractivity contribution in [2.45, 2.75) is 25.3 Å². The van der Waals surface area contributed by atoms with Crippen molar-refractivity contribution in [1.29, 1.82) is 0 Å². The molecule has 0 aliphatic rings. The molecule has 14 heavy (non-hydrogen) atoms. The van der Waals surface area contributed by atoms with Crippen molar-refractivity contribution in [1.82, 2.24) is 0 Å². The van der Waals surface area contributed by atoms with Gasteiger partial charge < -0.3 is 10.8 Å². The molecule has 1 rings (SSSR count). The quantitative estimate of drug-likeness (QED) is 0.760. The van der Waals surface area contributed by atoms with Crippen LogP contribution in [0.3, 0.4) is 0 Å². The molecule has 0 bridgehead atoms. The van der Waals surface area contributed by atoms with E-state index in [2.05, 4.69) is 0 Å². The smallest absolute Gasteiger partial charge is 0.324 e. The summed E-state index contributed by atoms with van der Waals surface area (Å²) in [5, 5.41) is 8.97. The molecule has 0 unspecified atom stereocenters. The van der Waals surface area contributed by atoms with E-state index >= 15 is 0 Å². The first-order valence-electron chi connectivity index (χ1n) is 4.64. The zero-order valence-electron chi connectivity index (χ0n) is 8.23. The number of carboxylic acids is 1. The van der Waals surface area contributed by atoms with Gasteiger partial charge in [-0.15, -0.1) is 0 Å². The van der Waals surface area contributed by atoms with E-state index in [1.165, 1.54) is 0 Å². The molecule has 0 saturated heterocycles. The van der Waals surface area contributed by atoms with Crippen molar-refractivity contribution in [2.75, 3.05) is 0 Å². The molecule has 3 nitrogen and oxygen atoms in total. The highest BCUT2D eigenvalue weighted by molar-refractivity contribution is 5.78. The molecule has 0 radical (unpaired) electrons. The molecule has 0 spiro atoms. The van der Waals surface area contributed by atoms with Gasteiger partial charge in [-0.2, -0.15) is 0 Å². The molecule has 0 aliphatic heterocycles. The van der Waals surface area contributed by atoms with Gasteiger partial charge >= 0.3 is 5.97 Å². The fraction of sp³-hybridized carbons (Fsp3) is 0.364. The van der Waals surface area contributed by atoms with E-state index in [-0.39, 0.29) is 0 Å². The maximum atomic E-state index is 10.9. The predicted molar refractivity (Wildman–Crippen MR) is 55.0 cm³/mol. The summed E-state index contributed by atoms with van der Waals surface area (Å²) in [6.45, 7) is 1.79.